The van der Waals surface area contributed by atoms with Crippen LogP contribution in [0.4, 0.5) is 0 Å². The van der Waals surface area contributed by atoms with Crippen molar-refractivity contribution < 1.29 is 5.11 Å². The molecule has 5 saturated carbocycles. The van der Waals surface area contributed by atoms with Gasteiger partial charge in [0.05, 0.1) is 6.10 Å². The fraction of sp³-hybridized carbons (Fsp3) is 1.00. The van der Waals surface area contributed by atoms with Crippen molar-refractivity contribution in [1.29, 1.82) is 0 Å². The second-order valence-corrected chi connectivity index (χ2v) is 8.31. The molecule has 0 aliphatic heterocycles. The highest BCUT2D eigenvalue weighted by Crippen LogP contribution is 2.70. The van der Waals surface area contributed by atoms with Crippen LogP contribution in [0, 0.1) is 28.6 Å². The maximum absolute atomic E-state index is 10.7. The lowest BCUT2D eigenvalue weighted by atomic mass is 9.41. The Morgan fingerprint density at radius 3 is 1.84 bits per heavy atom. The molecule has 2 nitrogen and oxygen atoms in total. The number of hydrogen-bond acceptors (Lipinski definition) is 2. The molecule has 5 rings (SSSR count). The fourth-order valence-electron chi connectivity index (χ4n) is 7.17. The smallest absolute Gasteiger partial charge is 0.0723 e. The highest BCUT2D eigenvalue weighted by molar-refractivity contribution is 5.12. The number of hydrogen-bond donors (Lipinski definition) is 2. The predicted octanol–water partition coefficient (Wildman–Crippen LogP) is 3.08. The van der Waals surface area contributed by atoms with Gasteiger partial charge in [-0.15, -0.1) is 0 Å². The summed E-state index contributed by atoms with van der Waals surface area (Å²) >= 11 is 0. The Morgan fingerprint density at radius 2 is 1.42 bits per heavy atom. The van der Waals surface area contributed by atoms with Gasteiger partial charge in [-0.2, -0.15) is 0 Å². The van der Waals surface area contributed by atoms with Gasteiger partial charge in [0.1, 0.15) is 0 Å². The molecule has 108 valence electrons. The van der Waals surface area contributed by atoms with Crippen molar-refractivity contribution in [2.75, 3.05) is 6.54 Å². The first-order valence-electron chi connectivity index (χ1n) is 8.56. The van der Waals surface area contributed by atoms with E-state index in [1.54, 1.807) is 0 Å². The predicted molar refractivity (Wildman–Crippen MR) is 76.6 cm³/mol. The van der Waals surface area contributed by atoms with Crippen molar-refractivity contribution in [3.8, 4) is 0 Å². The molecule has 5 fully saturated rings. The summed E-state index contributed by atoms with van der Waals surface area (Å²) < 4.78 is 0. The topological polar surface area (TPSA) is 46.2 Å². The van der Waals surface area contributed by atoms with Gasteiger partial charge in [-0.05, 0) is 74.5 Å². The minimum absolute atomic E-state index is 0.192. The van der Waals surface area contributed by atoms with Crippen LogP contribution in [0.1, 0.15) is 64.2 Å². The number of aliphatic hydroxyl groups excluding tert-OH is 1. The molecule has 5 aliphatic rings. The third-order valence-electron chi connectivity index (χ3n) is 7.45. The third kappa shape index (κ3) is 1.62. The average Bonchev–Trinajstić information content (AvgIpc) is 2.87. The summed E-state index contributed by atoms with van der Waals surface area (Å²) in [6.45, 7) is 0.474. The van der Waals surface area contributed by atoms with Gasteiger partial charge in [0.15, 0.2) is 0 Å². The molecule has 3 N–H and O–H groups in total. The maximum Gasteiger partial charge on any atom is 0.0723 e. The van der Waals surface area contributed by atoms with E-state index in [4.69, 9.17) is 5.73 Å². The van der Waals surface area contributed by atoms with Crippen molar-refractivity contribution in [2.45, 2.75) is 70.3 Å². The van der Waals surface area contributed by atoms with Crippen LogP contribution in [0.2, 0.25) is 0 Å². The normalized spacial score (nSPS) is 48.6. The Hall–Kier alpha value is -0.0800. The van der Waals surface area contributed by atoms with Gasteiger partial charge in [-0.1, -0.05) is 12.8 Å². The second kappa shape index (κ2) is 4.21. The van der Waals surface area contributed by atoms with Gasteiger partial charge < -0.3 is 10.8 Å². The van der Waals surface area contributed by atoms with Gasteiger partial charge in [-0.25, -0.2) is 0 Å². The highest BCUT2D eigenvalue weighted by atomic mass is 16.3. The van der Waals surface area contributed by atoms with Crippen molar-refractivity contribution >= 4 is 0 Å². The summed E-state index contributed by atoms with van der Waals surface area (Å²) in [4.78, 5) is 0. The minimum Gasteiger partial charge on any atom is -0.391 e. The van der Waals surface area contributed by atoms with E-state index in [0.717, 1.165) is 17.8 Å². The monoisotopic (exact) mass is 263 g/mol. The molecule has 0 heterocycles. The molecule has 0 radical (unpaired) electrons. The average molecular weight is 263 g/mol. The zero-order valence-electron chi connectivity index (χ0n) is 12.1. The van der Waals surface area contributed by atoms with E-state index in [0.29, 0.717) is 12.0 Å². The molecule has 0 aromatic heterocycles. The van der Waals surface area contributed by atoms with Crippen LogP contribution in [-0.2, 0) is 0 Å². The van der Waals surface area contributed by atoms with Crippen LogP contribution >= 0.6 is 0 Å². The molecule has 5 aliphatic carbocycles. The maximum atomic E-state index is 10.7. The van der Waals surface area contributed by atoms with Crippen molar-refractivity contribution in [3.63, 3.8) is 0 Å². The Morgan fingerprint density at radius 1 is 0.947 bits per heavy atom. The SMILES string of the molecule is NCC(O)C1(C23CC4CC(CC(C4)C2)C3)CCCC1. The van der Waals surface area contributed by atoms with Gasteiger partial charge >= 0.3 is 0 Å². The van der Waals surface area contributed by atoms with Gasteiger partial charge in [0.2, 0.25) is 0 Å². The van der Waals surface area contributed by atoms with Crippen LogP contribution < -0.4 is 5.73 Å². The van der Waals surface area contributed by atoms with Crippen LogP contribution in [0.15, 0.2) is 0 Å². The van der Waals surface area contributed by atoms with E-state index in [2.05, 4.69) is 0 Å². The number of aliphatic hydroxyl groups is 1. The molecule has 4 bridgehead atoms. The lowest BCUT2D eigenvalue weighted by Gasteiger charge is -2.64. The Labute approximate surface area is 117 Å². The van der Waals surface area contributed by atoms with Crippen molar-refractivity contribution in [2.24, 2.45) is 34.3 Å². The van der Waals surface area contributed by atoms with E-state index in [1.807, 2.05) is 0 Å². The summed E-state index contributed by atoms with van der Waals surface area (Å²) in [5, 5.41) is 10.7. The lowest BCUT2D eigenvalue weighted by molar-refractivity contribution is -0.168. The molecular formula is C17H29NO. The Kier molecular flexibility index (Phi) is 2.80. The summed E-state index contributed by atoms with van der Waals surface area (Å²) in [5.74, 6) is 2.94. The first-order chi connectivity index (χ1) is 9.17. The van der Waals surface area contributed by atoms with E-state index < -0.39 is 0 Å². The standard InChI is InChI=1S/C17H29NO/c18-11-15(19)17(3-1-2-4-17)16-8-12-5-13(9-16)7-14(6-12)10-16/h12-15,19H,1-11,18H2. The van der Waals surface area contributed by atoms with Crippen molar-refractivity contribution in [1.82, 2.24) is 0 Å². The quantitative estimate of drug-likeness (QED) is 0.822. The van der Waals surface area contributed by atoms with Crippen LogP contribution in [0.5, 0.6) is 0 Å². The summed E-state index contributed by atoms with van der Waals surface area (Å²) in [6, 6.07) is 0. The summed E-state index contributed by atoms with van der Waals surface area (Å²) in [7, 11) is 0. The molecule has 0 saturated heterocycles. The zero-order chi connectivity index (χ0) is 13.1. The first kappa shape index (κ1) is 12.6. The van der Waals surface area contributed by atoms with Crippen LogP contribution in [0.3, 0.4) is 0 Å². The van der Waals surface area contributed by atoms with Crippen LogP contribution in [0.25, 0.3) is 0 Å². The Balaban J connectivity index is 1.72. The fourth-order valence-corrected chi connectivity index (χ4v) is 7.17. The van der Waals surface area contributed by atoms with E-state index in [1.165, 1.54) is 64.2 Å². The van der Waals surface area contributed by atoms with Crippen molar-refractivity contribution in [3.05, 3.63) is 0 Å². The number of rotatable bonds is 3. The highest BCUT2D eigenvalue weighted by Gasteiger charge is 2.62. The van der Waals surface area contributed by atoms with E-state index >= 15 is 0 Å². The summed E-state index contributed by atoms with van der Waals surface area (Å²) in [6.07, 6.45) is 13.6. The van der Waals surface area contributed by atoms with E-state index in [-0.39, 0.29) is 11.5 Å². The summed E-state index contributed by atoms with van der Waals surface area (Å²) in [5.41, 5.74) is 6.57. The molecule has 0 aromatic rings. The van der Waals surface area contributed by atoms with Gasteiger partial charge in [0, 0.05) is 12.0 Å². The number of nitrogens with two attached hydrogens (primary N) is 1. The molecule has 0 amide bonds. The minimum atomic E-state index is -0.244. The Bertz CT molecular complexity index is 323. The molecule has 2 heteroatoms. The van der Waals surface area contributed by atoms with Gasteiger partial charge in [-0.3, -0.25) is 0 Å². The molecule has 0 aromatic carbocycles. The largest absolute Gasteiger partial charge is 0.391 e. The zero-order valence-corrected chi connectivity index (χ0v) is 12.1. The molecule has 1 unspecified atom stereocenters. The molecular weight excluding hydrogens is 234 g/mol. The van der Waals surface area contributed by atoms with Gasteiger partial charge in [0.25, 0.3) is 0 Å². The lowest BCUT2D eigenvalue weighted by Crippen LogP contribution is -2.59. The molecule has 0 spiro atoms. The second-order valence-electron chi connectivity index (χ2n) is 8.31. The molecule has 1 atom stereocenters. The first-order valence-corrected chi connectivity index (χ1v) is 8.56. The van der Waals surface area contributed by atoms with Crippen LogP contribution in [-0.4, -0.2) is 17.8 Å². The molecule has 19 heavy (non-hydrogen) atoms. The van der Waals surface area contributed by atoms with E-state index in [9.17, 15) is 5.11 Å². The third-order valence-corrected chi connectivity index (χ3v) is 7.45.